The molecule has 2 heterocycles. The second kappa shape index (κ2) is 8.64. The van der Waals surface area contributed by atoms with Crippen LogP contribution < -0.4 is 10.2 Å². The Balaban J connectivity index is 1.36. The zero-order chi connectivity index (χ0) is 24.6. The first-order valence-electron chi connectivity index (χ1n) is 10.3. The maximum Gasteiger partial charge on any atom is 0.416 e. The fourth-order valence-corrected chi connectivity index (χ4v) is 3.45. The Bertz CT molecular complexity index is 1570. The van der Waals surface area contributed by atoms with Gasteiger partial charge in [0.05, 0.1) is 16.5 Å². The van der Waals surface area contributed by atoms with E-state index in [1.165, 1.54) is 36.6 Å². The van der Waals surface area contributed by atoms with Gasteiger partial charge in [-0.15, -0.1) is 0 Å². The lowest BCUT2D eigenvalue weighted by Gasteiger charge is -2.06. The molecule has 3 aromatic carbocycles. The quantitative estimate of drug-likeness (QED) is 0.339. The minimum absolute atomic E-state index is 0.00704. The van der Waals surface area contributed by atoms with E-state index in [1.54, 1.807) is 24.3 Å². The normalized spacial score (nSPS) is 11.6. The summed E-state index contributed by atoms with van der Waals surface area (Å²) >= 11 is 0. The predicted octanol–water partition coefficient (Wildman–Crippen LogP) is 5.81. The average Bonchev–Trinajstić information content (AvgIpc) is 3.33. The molecule has 10 heteroatoms. The molecule has 0 spiro atoms. The largest absolute Gasteiger partial charge is 0.508 e. The molecule has 0 atom stereocenters. The summed E-state index contributed by atoms with van der Waals surface area (Å²) < 4.78 is 55.2. The SMILES string of the molecule is O=c1c(-c2ccc(O)cc2)coc2ccc(OCc3nc(-c4cccc(C(F)(F)F)c4)no3)cc12. The van der Waals surface area contributed by atoms with Gasteiger partial charge in [-0.3, -0.25) is 4.79 Å². The van der Waals surface area contributed by atoms with Gasteiger partial charge >= 0.3 is 6.18 Å². The number of halogens is 3. The predicted molar refractivity (Wildman–Crippen MR) is 119 cm³/mol. The van der Waals surface area contributed by atoms with Crippen molar-refractivity contribution in [1.29, 1.82) is 0 Å². The molecule has 7 nitrogen and oxygen atoms in total. The number of aromatic hydroxyl groups is 1. The second-order valence-electron chi connectivity index (χ2n) is 7.56. The highest BCUT2D eigenvalue weighted by molar-refractivity contribution is 5.82. The fourth-order valence-electron chi connectivity index (χ4n) is 3.45. The zero-order valence-corrected chi connectivity index (χ0v) is 17.7. The van der Waals surface area contributed by atoms with Crippen molar-refractivity contribution < 1.29 is 32.0 Å². The van der Waals surface area contributed by atoms with Crippen LogP contribution in [0.1, 0.15) is 11.5 Å². The number of rotatable bonds is 5. The monoisotopic (exact) mass is 480 g/mol. The standard InChI is InChI=1S/C25H15F3N2O5/c26-25(27,28)16-3-1-2-15(10-16)24-29-22(35-30-24)13-33-18-8-9-21-19(11-18)23(32)20(12-34-21)14-4-6-17(31)7-5-14/h1-12,31H,13H2. The lowest BCUT2D eigenvalue weighted by molar-refractivity contribution is -0.137. The molecule has 0 aliphatic heterocycles. The molecule has 0 aliphatic rings. The average molecular weight is 480 g/mol. The van der Waals surface area contributed by atoms with E-state index in [1.807, 2.05) is 0 Å². The highest BCUT2D eigenvalue weighted by Crippen LogP contribution is 2.31. The molecule has 0 amide bonds. The Kier molecular flexibility index (Phi) is 5.48. The van der Waals surface area contributed by atoms with E-state index in [-0.39, 0.29) is 40.4 Å². The topological polar surface area (TPSA) is 98.6 Å². The van der Waals surface area contributed by atoms with Gasteiger partial charge in [0.2, 0.25) is 11.3 Å². The summed E-state index contributed by atoms with van der Waals surface area (Å²) in [5.74, 6) is 0.438. The third-order valence-electron chi connectivity index (χ3n) is 5.20. The van der Waals surface area contributed by atoms with Crippen molar-refractivity contribution in [3.63, 3.8) is 0 Å². The summed E-state index contributed by atoms with van der Waals surface area (Å²) in [6, 6.07) is 15.4. The fraction of sp³-hybridized carbons (Fsp3) is 0.0800. The van der Waals surface area contributed by atoms with E-state index in [2.05, 4.69) is 10.1 Å². The molecule has 5 aromatic rings. The maximum absolute atomic E-state index is 13.0. The molecule has 0 fully saturated rings. The summed E-state index contributed by atoms with van der Waals surface area (Å²) in [5.41, 5.74) is 0.302. The Morgan fingerprint density at radius 3 is 2.54 bits per heavy atom. The first kappa shape index (κ1) is 22.2. The third-order valence-corrected chi connectivity index (χ3v) is 5.20. The van der Waals surface area contributed by atoms with Crippen LogP contribution in [0.2, 0.25) is 0 Å². The minimum Gasteiger partial charge on any atom is -0.508 e. The molecule has 0 aliphatic carbocycles. The van der Waals surface area contributed by atoms with Gasteiger partial charge in [-0.05, 0) is 48.0 Å². The van der Waals surface area contributed by atoms with E-state index in [9.17, 15) is 23.1 Å². The number of alkyl halides is 3. The van der Waals surface area contributed by atoms with Gasteiger partial charge in [-0.25, -0.2) is 0 Å². The number of phenols is 1. The number of hydrogen-bond donors (Lipinski definition) is 1. The van der Waals surface area contributed by atoms with Crippen LogP contribution in [0.25, 0.3) is 33.5 Å². The molecule has 176 valence electrons. The van der Waals surface area contributed by atoms with Crippen LogP contribution in [-0.4, -0.2) is 15.2 Å². The van der Waals surface area contributed by atoms with Crippen LogP contribution in [0.5, 0.6) is 11.5 Å². The number of hydrogen-bond acceptors (Lipinski definition) is 7. The highest BCUT2D eigenvalue weighted by Gasteiger charge is 2.30. The lowest BCUT2D eigenvalue weighted by Crippen LogP contribution is -2.05. The molecule has 2 aromatic heterocycles. The van der Waals surface area contributed by atoms with E-state index < -0.39 is 11.7 Å². The van der Waals surface area contributed by atoms with Crippen LogP contribution in [0.4, 0.5) is 13.2 Å². The number of phenolic OH excluding ortho intramolecular Hbond substituents is 1. The van der Waals surface area contributed by atoms with Gasteiger partial charge in [0.15, 0.2) is 6.61 Å². The number of ether oxygens (including phenoxy) is 1. The molecule has 0 saturated carbocycles. The molecular formula is C25H15F3N2O5. The lowest BCUT2D eigenvalue weighted by atomic mass is 10.1. The zero-order valence-electron chi connectivity index (χ0n) is 17.7. The molecule has 1 N–H and O–H groups in total. The van der Waals surface area contributed by atoms with Gasteiger partial charge in [0, 0.05) is 5.56 Å². The molecule has 35 heavy (non-hydrogen) atoms. The maximum atomic E-state index is 13.0. The molecule has 0 unspecified atom stereocenters. The molecular weight excluding hydrogens is 465 g/mol. The van der Waals surface area contributed by atoms with Crippen LogP contribution in [0.15, 0.2) is 86.7 Å². The molecule has 0 bridgehead atoms. The summed E-state index contributed by atoms with van der Waals surface area (Å²) in [5, 5.41) is 13.5. The minimum atomic E-state index is -4.49. The Hall–Kier alpha value is -4.60. The van der Waals surface area contributed by atoms with Crippen LogP contribution >= 0.6 is 0 Å². The van der Waals surface area contributed by atoms with Gasteiger partial charge in [0.1, 0.15) is 23.3 Å². The summed E-state index contributed by atoms with van der Waals surface area (Å²) in [7, 11) is 0. The van der Waals surface area contributed by atoms with Crippen molar-refractivity contribution in [2.45, 2.75) is 12.8 Å². The first-order chi connectivity index (χ1) is 16.8. The third kappa shape index (κ3) is 4.58. The summed E-state index contributed by atoms with van der Waals surface area (Å²) in [6.07, 6.45) is -3.14. The summed E-state index contributed by atoms with van der Waals surface area (Å²) in [6.45, 7) is -0.166. The Labute approximate surface area is 195 Å². The van der Waals surface area contributed by atoms with E-state index in [0.717, 1.165) is 12.1 Å². The second-order valence-corrected chi connectivity index (χ2v) is 7.56. The van der Waals surface area contributed by atoms with Crippen LogP contribution in [0.3, 0.4) is 0 Å². The van der Waals surface area contributed by atoms with E-state index in [4.69, 9.17) is 13.7 Å². The van der Waals surface area contributed by atoms with Crippen LogP contribution in [0, 0.1) is 0 Å². The Morgan fingerprint density at radius 2 is 1.77 bits per heavy atom. The van der Waals surface area contributed by atoms with Gasteiger partial charge < -0.3 is 18.8 Å². The van der Waals surface area contributed by atoms with Crippen molar-refractivity contribution >= 4 is 11.0 Å². The molecule has 0 saturated heterocycles. The van der Waals surface area contributed by atoms with E-state index in [0.29, 0.717) is 22.5 Å². The molecule has 0 radical (unpaired) electrons. The number of nitrogens with zero attached hydrogens (tertiary/aromatic N) is 2. The van der Waals surface area contributed by atoms with Crippen molar-refractivity contribution in [3.05, 3.63) is 94.7 Å². The Morgan fingerprint density at radius 1 is 0.971 bits per heavy atom. The van der Waals surface area contributed by atoms with Gasteiger partial charge in [0.25, 0.3) is 5.89 Å². The van der Waals surface area contributed by atoms with Crippen molar-refractivity contribution in [3.8, 4) is 34.0 Å². The highest BCUT2D eigenvalue weighted by atomic mass is 19.4. The smallest absolute Gasteiger partial charge is 0.416 e. The first-order valence-corrected chi connectivity index (χ1v) is 10.3. The van der Waals surface area contributed by atoms with Gasteiger partial charge in [-0.2, -0.15) is 18.2 Å². The van der Waals surface area contributed by atoms with Crippen molar-refractivity contribution in [2.24, 2.45) is 0 Å². The van der Waals surface area contributed by atoms with E-state index >= 15 is 0 Å². The number of benzene rings is 3. The van der Waals surface area contributed by atoms with Crippen molar-refractivity contribution in [1.82, 2.24) is 10.1 Å². The van der Waals surface area contributed by atoms with Crippen molar-refractivity contribution in [2.75, 3.05) is 0 Å². The van der Waals surface area contributed by atoms with Gasteiger partial charge in [-0.1, -0.05) is 29.4 Å². The molecule has 5 rings (SSSR count). The summed E-state index contributed by atoms with van der Waals surface area (Å²) in [4.78, 5) is 17.1. The number of fused-ring (bicyclic) bond motifs is 1. The number of aromatic nitrogens is 2. The van der Waals surface area contributed by atoms with Crippen LogP contribution in [-0.2, 0) is 12.8 Å².